The van der Waals surface area contributed by atoms with Gasteiger partial charge in [-0.2, -0.15) is 0 Å². The predicted molar refractivity (Wildman–Crippen MR) is 70.4 cm³/mol. The Balaban J connectivity index is 2.85. The van der Waals surface area contributed by atoms with Crippen LogP contribution in [-0.4, -0.2) is 9.46 Å². The Labute approximate surface area is 105 Å². The molecule has 0 fully saturated rings. The highest BCUT2D eigenvalue weighted by Crippen LogP contribution is 2.18. The average molecular weight is 257 g/mol. The Kier molecular flexibility index (Phi) is 5.28. The minimum absolute atomic E-state index is 0.0657. The number of halogens is 1. The minimum Gasteiger partial charge on any atom is -0.326 e. The lowest BCUT2D eigenvalue weighted by molar-refractivity contribution is 0.590. The predicted octanol–water partition coefficient (Wildman–Crippen LogP) is 2.58. The van der Waals surface area contributed by atoms with E-state index in [1.807, 2.05) is 20.8 Å². The van der Waals surface area contributed by atoms with Crippen LogP contribution in [0.2, 0.25) is 0 Å². The van der Waals surface area contributed by atoms with Crippen LogP contribution >= 0.6 is 0 Å². The van der Waals surface area contributed by atoms with Gasteiger partial charge in [-0.25, -0.2) is 4.39 Å². The molecular weight excluding hydrogens is 237 g/mol. The van der Waals surface area contributed by atoms with Crippen LogP contribution in [0.3, 0.4) is 0 Å². The van der Waals surface area contributed by atoms with Gasteiger partial charge in [-0.05, 0) is 5.92 Å². The molecule has 2 atom stereocenters. The molecule has 0 radical (unpaired) electrons. The van der Waals surface area contributed by atoms with Gasteiger partial charge in [-0.3, -0.25) is 4.21 Å². The van der Waals surface area contributed by atoms with Gasteiger partial charge in [-0.1, -0.05) is 39.0 Å². The lowest BCUT2D eigenvalue weighted by Crippen LogP contribution is -2.19. The van der Waals surface area contributed by atoms with Crippen molar-refractivity contribution >= 4 is 10.8 Å². The van der Waals surface area contributed by atoms with E-state index >= 15 is 0 Å². The zero-order valence-electron chi connectivity index (χ0n) is 10.6. The van der Waals surface area contributed by atoms with Gasteiger partial charge in [0.05, 0.1) is 5.75 Å². The Morgan fingerprint density at radius 3 is 2.41 bits per heavy atom. The Morgan fingerprint density at radius 2 is 1.88 bits per heavy atom. The van der Waals surface area contributed by atoms with Gasteiger partial charge in [0, 0.05) is 33.7 Å². The maximum Gasteiger partial charge on any atom is 0.131 e. The van der Waals surface area contributed by atoms with E-state index in [4.69, 9.17) is 5.73 Å². The highest BCUT2D eigenvalue weighted by molar-refractivity contribution is 7.84. The quantitative estimate of drug-likeness (QED) is 0.881. The molecule has 2 unspecified atom stereocenters. The molecule has 96 valence electrons. The summed E-state index contributed by atoms with van der Waals surface area (Å²) < 4.78 is 25.9. The van der Waals surface area contributed by atoms with Crippen molar-refractivity contribution in [2.75, 3.05) is 0 Å². The second-order valence-electron chi connectivity index (χ2n) is 4.57. The van der Waals surface area contributed by atoms with E-state index in [0.717, 1.165) is 0 Å². The molecule has 2 N–H and O–H groups in total. The van der Waals surface area contributed by atoms with Crippen LogP contribution in [0, 0.1) is 11.7 Å². The van der Waals surface area contributed by atoms with Crippen LogP contribution in [0.25, 0.3) is 0 Å². The first-order valence-electron chi connectivity index (χ1n) is 5.80. The Morgan fingerprint density at radius 1 is 1.29 bits per heavy atom. The van der Waals surface area contributed by atoms with E-state index in [1.54, 1.807) is 18.2 Å². The first kappa shape index (κ1) is 14.3. The molecular formula is C13H20FNOS. The first-order valence-corrected chi connectivity index (χ1v) is 7.19. The SMILES string of the molecule is CC(C)C(C)S(=O)Cc1cccc(CN)c1F. The van der Waals surface area contributed by atoms with Crippen molar-refractivity contribution in [3.05, 3.63) is 35.1 Å². The Hall–Kier alpha value is -0.740. The summed E-state index contributed by atoms with van der Waals surface area (Å²) in [4.78, 5) is 0. The number of benzene rings is 1. The topological polar surface area (TPSA) is 43.1 Å². The molecule has 0 saturated carbocycles. The number of rotatable bonds is 5. The maximum atomic E-state index is 13.9. The highest BCUT2D eigenvalue weighted by Gasteiger charge is 2.17. The van der Waals surface area contributed by atoms with E-state index in [9.17, 15) is 8.60 Å². The summed E-state index contributed by atoms with van der Waals surface area (Å²) in [6.45, 7) is 6.15. The summed E-state index contributed by atoms with van der Waals surface area (Å²) in [6, 6.07) is 5.10. The van der Waals surface area contributed by atoms with Crippen LogP contribution in [0.1, 0.15) is 31.9 Å². The van der Waals surface area contributed by atoms with Gasteiger partial charge in [0.15, 0.2) is 0 Å². The summed E-state index contributed by atoms with van der Waals surface area (Å²) in [5.74, 6) is 0.287. The largest absolute Gasteiger partial charge is 0.326 e. The molecule has 4 heteroatoms. The minimum atomic E-state index is -1.05. The summed E-state index contributed by atoms with van der Waals surface area (Å²) in [5, 5.41) is 0.0657. The first-order chi connectivity index (χ1) is 7.97. The summed E-state index contributed by atoms with van der Waals surface area (Å²) in [7, 11) is -1.05. The van der Waals surface area contributed by atoms with Crippen molar-refractivity contribution in [2.24, 2.45) is 11.7 Å². The van der Waals surface area contributed by atoms with Gasteiger partial charge in [0.25, 0.3) is 0 Å². The molecule has 0 aromatic heterocycles. The van der Waals surface area contributed by atoms with Crippen molar-refractivity contribution in [3.8, 4) is 0 Å². The maximum absolute atomic E-state index is 13.9. The fourth-order valence-electron chi connectivity index (χ4n) is 1.49. The molecule has 0 bridgehead atoms. The number of hydrogen-bond acceptors (Lipinski definition) is 2. The second kappa shape index (κ2) is 6.26. The summed E-state index contributed by atoms with van der Waals surface area (Å²) >= 11 is 0. The van der Waals surface area contributed by atoms with Gasteiger partial charge >= 0.3 is 0 Å². The van der Waals surface area contributed by atoms with Crippen molar-refractivity contribution < 1.29 is 8.60 Å². The average Bonchev–Trinajstić information content (AvgIpc) is 2.30. The smallest absolute Gasteiger partial charge is 0.131 e. The van der Waals surface area contributed by atoms with Crippen LogP contribution in [0.15, 0.2) is 18.2 Å². The van der Waals surface area contributed by atoms with Crippen molar-refractivity contribution in [2.45, 2.75) is 38.3 Å². The van der Waals surface area contributed by atoms with Crippen molar-refractivity contribution in [3.63, 3.8) is 0 Å². The fraction of sp³-hybridized carbons (Fsp3) is 0.538. The van der Waals surface area contributed by atoms with Gasteiger partial charge in [0.2, 0.25) is 0 Å². The van der Waals surface area contributed by atoms with E-state index < -0.39 is 10.8 Å². The molecule has 0 aliphatic carbocycles. The Bertz CT molecular complexity index is 406. The molecule has 2 nitrogen and oxygen atoms in total. The van der Waals surface area contributed by atoms with Crippen molar-refractivity contribution in [1.29, 1.82) is 0 Å². The molecule has 0 heterocycles. The molecule has 0 spiro atoms. The molecule has 17 heavy (non-hydrogen) atoms. The molecule has 1 aromatic carbocycles. The summed E-state index contributed by atoms with van der Waals surface area (Å²) in [6.07, 6.45) is 0. The van der Waals surface area contributed by atoms with E-state index in [-0.39, 0.29) is 23.4 Å². The molecule has 0 aliphatic heterocycles. The monoisotopic (exact) mass is 257 g/mol. The highest BCUT2D eigenvalue weighted by atomic mass is 32.2. The third kappa shape index (κ3) is 3.61. The summed E-state index contributed by atoms with van der Waals surface area (Å²) in [5.41, 5.74) is 6.42. The van der Waals surface area contributed by atoms with Gasteiger partial charge < -0.3 is 5.73 Å². The second-order valence-corrected chi connectivity index (χ2v) is 6.36. The zero-order chi connectivity index (χ0) is 13.0. The lowest BCUT2D eigenvalue weighted by atomic mass is 10.1. The third-order valence-electron chi connectivity index (χ3n) is 3.03. The van der Waals surface area contributed by atoms with Crippen LogP contribution in [0.5, 0.6) is 0 Å². The van der Waals surface area contributed by atoms with E-state index in [2.05, 4.69) is 0 Å². The molecule has 1 rings (SSSR count). The van der Waals surface area contributed by atoms with Gasteiger partial charge in [0.1, 0.15) is 5.82 Å². The molecule has 0 aliphatic rings. The normalized spacial score (nSPS) is 14.9. The molecule has 1 aromatic rings. The van der Waals surface area contributed by atoms with Crippen LogP contribution in [-0.2, 0) is 23.1 Å². The zero-order valence-corrected chi connectivity index (χ0v) is 11.4. The van der Waals surface area contributed by atoms with E-state index in [1.165, 1.54) is 0 Å². The number of hydrogen-bond donors (Lipinski definition) is 1. The molecule has 0 saturated heterocycles. The number of nitrogens with two attached hydrogens (primary N) is 1. The molecule has 0 amide bonds. The van der Waals surface area contributed by atoms with Gasteiger partial charge in [-0.15, -0.1) is 0 Å². The van der Waals surface area contributed by atoms with E-state index in [0.29, 0.717) is 17.0 Å². The van der Waals surface area contributed by atoms with Crippen LogP contribution < -0.4 is 5.73 Å². The standard InChI is InChI=1S/C13H20FNOS/c1-9(2)10(3)17(16)8-12-6-4-5-11(7-15)13(12)14/h4-6,9-10H,7-8,15H2,1-3H3. The fourth-order valence-corrected chi connectivity index (χ4v) is 2.89. The third-order valence-corrected chi connectivity index (χ3v) is 5.00. The van der Waals surface area contributed by atoms with Crippen molar-refractivity contribution in [1.82, 2.24) is 0 Å². The van der Waals surface area contributed by atoms with Crippen LogP contribution in [0.4, 0.5) is 4.39 Å². The lowest BCUT2D eigenvalue weighted by Gasteiger charge is -2.15.